The first-order valence-electron chi connectivity index (χ1n) is 10.5. The van der Waals surface area contributed by atoms with Crippen molar-refractivity contribution < 1.29 is 9.59 Å². The molecule has 27 heavy (non-hydrogen) atoms. The third-order valence-electron chi connectivity index (χ3n) is 6.58. The van der Waals surface area contributed by atoms with E-state index in [1.165, 1.54) is 16.0 Å². The maximum absolute atomic E-state index is 13.1. The lowest BCUT2D eigenvalue weighted by molar-refractivity contribution is -0.134. The van der Waals surface area contributed by atoms with Gasteiger partial charge in [-0.2, -0.15) is 0 Å². The highest BCUT2D eigenvalue weighted by Crippen LogP contribution is 2.37. The van der Waals surface area contributed by atoms with Gasteiger partial charge >= 0.3 is 6.03 Å². The van der Waals surface area contributed by atoms with Gasteiger partial charge in [0.2, 0.25) is 0 Å². The van der Waals surface area contributed by atoms with Crippen molar-refractivity contribution >= 4 is 11.9 Å². The Labute approximate surface area is 162 Å². The van der Waals surface area contributed by atoms with Crippen molar-refractivity contribution in [3.63, 3.8) is 0 Å². The molecule has 1 heterocycles. The first-order chi connectivity index (χ1) is 13.0. The molecule has 1 aliphatic heterocycles. The second-order valence-corrected chi connectivity index (χ2v) is 8.72. The summed E-state index contributed by atoms with van der Waals surface area (Å²) in [7, 11) is 0. The van der Waals surface area contributed by atoms with Gasteiger partial charge in [0.1, 0.15) is 5.54 Å². The Kier molecular flexibility index (Phi) is 4.97. The first-order valence-corrected chi connectivity index (χ1v) is 10.5. The monoisotopic (exact) mass is 369 g/mol. The molecule has 0 atom stereocenters. The number of rotatable bonds is 6. The van der Waals surface area contributed by atoms with E-state index in [1.807, 2.05) is 0 Å². The van der Waals surface area contributed by atoms with Gasteiger partial charge < -0.3 is 5.32 Å². The summed E-state index contributed by atoms with van der Waals surface area (Å²) in [4.78, 5) is 29.5. The molecule has 1 saturated heterocycles. The lowest BCUT2D eigenvalue weighted by Crippen LogP contribution is -2.50. The number of nitrogens with one attached hydrogen (secondary N) is 1. The lowest BCUT2D eigenvalue weighted by Gasteiger charge is -2.34. The van der Waals surface area contributed by atoms with Gasteiger partial charge in [0.05, 0.1) is 6.67 Å². The summed E-state index contributed by atoms with van der Waals surface area (Å²) in [5, 5.41) is 3.04. The van der Waals surface area contributed by atoms with Crippen molar-refractivity contribution in [1.82, 2.24) is 15.1 Å². The minimum absolute atomic E-state index is 0.00798. The summed E-state index contributed by atoms with van der Waals surface area (Å²) < 4.78 is 0. The summed E-state index contributed by atoms with van der Waals surface area (Å²) in [6, 6.07) is 8.97. The van der Waals surface area contributed by atoms with Crippen LogP contribution in [0.4, 0.5) is 4.79 Å². The molecule has 146 valence electrons. The van der Waals surface area contributed by atoms with E-state index in [4.69, 9.17) is 0 Å². The fourth-order valence-electron chi connectivity index (χ4n) is 4.43. The summed E-state index contributed by atoms with van der Waals surface area (Å²) in [6.45, 7) is 5.58. The van der Waals surface area contributed by atoms with E-state index in [1.54, 1.807) is 0 Å². The highest BCUT2D eigenvalue weighted by atomic mass is 16.2. The third-order valence-corrected chi connectivity index (χ3v) is 6.58. The first kappa shape index (κ1) is 18.5. The Morgan fingerprint density at radius 2 is 1.70 bits per heavy atom. The molecular weight excluding hydrogens is 338 g/mol. The van der Waals surface area contributed by atoms with Crippen LogP contribution in [0.25, 0.3) is 0 Å². The van der Waals surface area contributed by atoms with E-state index < -0.39 is 5.54 Å². The zero-order chi connectivity index (χ0) is 19.0. The van der Waals surface area contributed by atoms with E-state index in [9.17, 15) is 9.59 Å². The zero-order valence-corrected chi connectivity index (χ0v) is 16.5. The standard InChI is InChI=1S/C22H31N3O2/c1-3-17-4-6-18(7-5-17)14-24(19-8-9-19)15-25-20(26)22(23-21(25)27)12-10-16(2)11-13-22/h4-7,16,19H,3,8-15H2,1-2H3,(H,23,27). The topological polar surface area (TPSA) is 52.6 Å². The summed E-state index contributed by atoms with van der Waals surface area (Å²) in [5.41, 5.74) is 1.94. The average molecular weight is 370 g/mol. The van der Waals surface area contributed by atoms with E-state index in [2.05, 4.69) is 48.3 Å². The van der Waals surface area contributed by atoms with Crippen molar-refractivity contribution in [1.29, 1.82) is 0 Å². The smallest absolute Gasteiger partial charge is 0.323 e. The molecule has 5 nitrogen and oxygen atoms in total. The molecule has 1 aromatic carbocycles. The summed E-state index contributed by atoms with van der Waals surface area (Å²) in [6.07, 6.45) is 6.91. The van der Waals surface area contributed by atoms with Crippen molar-refractivity contribution in [2.45, 2.75) is 76.9 Å². The number of urea groups is 1. The summed E-state index contributed by atoms with van der Waals surface area (Å²) >= 11 is 0. The van der Waals surface area contributed by atoms with E-state index in [0.29, 0.717) is 18.6 Å². The van der Waals surface area contributed by atoms with Gasteiger partial charge in [-0.3, -0.25) is 9.69 Å². The van der Waals surface area contributed by atoms with Gasteiger partial charge in [-0.25, -0.2) is 9.69 Å². The van der Waals surface area contributed by atoms with Crippen molar-refractivity contribution in [3.05, 3.63) is 35.4 Å². The Balaban J connectivity index is 1.45. The Bertz CT molecular complexity index is 703. The number of benzene rings is 1. The molecule has 0 unspecified atom stereocenters. The third kappa shape index (κ3) is 3.75. The largest absolute Gasteiger partial charge is 0.326 e. The highest BCUT2D eigenvalue weighted by Gasteiger charge is 2.52. The Morgan fingerprint density at radius 3 is 2.30 bits per heavy atom. The molecule has 2 aliphatic carbocycles. The van der Waals surface area contributed by atoms with E-state index >= 15 is 0 Å². The van der Waals surface area contributed by atoms with Crippen molar-refractivity contribution in [3.8, 4) is 0 Å². The Morgan fingerprint density at radius 1 is 1.07 bits per heavy atom. The van der Waals surface area contributed by atoms with Gasteiger partial charge in [-0.1, -0.05) is 38.1 Å². The number of hydrogen-bond acceptors (Lipinski definition) is 3. The van der Waals surface area contributed by atoms with Gasteiger partial charge in [-0.05, 0) is 62.0 Å². The molecule has 1 spiro atoms. The number of aryl methyl sites for hydroxylation is 1. The molecule has 3 aliphatic rings. The van der Waals surface area contributed by atoms with E-state index in [0.717, 1.165) is 51.5 Å². The van der Waals surface area contributed by atoms with Crippen LogP contribution < -0.4 is 5.32 Å². The minimum Gasteiger partial charge on any atom is -0.323 e. The summed E-state index contributed by atoms with van der Waals surface area (Å²) in [5.74, 6) is 0.634. The highest BCUT2D eigenvalue weighted by molar-refractivity contribution is 6.07. The maximum atomic E-state index is 13.1. The maximum Gasteiger partial charge on any atom is 0.326 e. The molecule has 1 aromatic rings. The normalized spacial score (nSPS) is 28.3. The fourth-order valence-corrected chi connectivity index (χ4v) is 4.43. The van der Waals surface area contributed by atoms with Crippen LogP contribution in [-0.4, -0.2) is 40.0 Å². The van der Waals surface area contributed by atoms with Gasteiger partial charge in [0.15, 0.2) is 0 Å². The van der Waals surface area contributed by atoms with Crippen LogP contribution in [0.3, 0.4) is 0 Å². The zero-order valence-electron chi connectivity index (χ0n) is 16.5. The minimum atomic E-state index is -0.637. The molecular formula is C22H31N3O2. The lowest BCUT2D eigenvalue weighted by atomic mass is 9.77. The van der Waals surface area contributed by atoms with Gasteiger partial charge in [0, 0.05) is 12.6 Å². The number of amides is 3. The van der Waals surface area contributed by atoms with Gasteiger partial charge in [0.25, 0.3) is 5.91 Å². The fraction of sp³-hybridized carbons (Fsp3) is 0.636. The van der Waals surface area contributed by atoms with E-state index in [-0.39, 0.29) is 11.9 Å². The van der Waals surface area contributed by atoms with Crippen molar-refractivity contribution in [2.24, 2.45) is 5.92 Å². The van der Waals surface area contributed by atoms with Gasteiger partial charge in [-0.15, -0.1) is 0 Å². The molecule has 5 heteroatoms. The molecule has 0 aromatic heterocycles. The number of imide groups is 1. The molecule has 1 N–H and O–H groups in total. The predicted molar refractivity (Wildman–Crippen MR) is 105 cm³/mol. The van der Waals surface area contributed by atoms with Crippen LogP contribution in [0, 0.1) is 5.92 Å². The quantitative estimate of drug-likeness (QED) is 0.779. The van der Waals surface area contributed by atoms with Crippen LogP contribution in [0.15, 0.2) is 24.3 Å². The van der Waals surface area contributed by atoms with Crippen LogP contribution in [-0.2, 0) is 17.8 Å². The molecule has 4 rings (SSSR count). The number of hydrogen-bond donors (Lipinski definition) is 1. The molecule has 3 fully saturated rings. The van der Waals surface area contributed by atoms with Crippen LogP contribution in [0.5, 0.6) is 0 Å². The SMILES string of the molecule is CCc1ccc(CN(CN2C(=O)NC3(CCC(C)CC3)C2=O)C2CC2)cc1. The number of nitrogens with zero attached hydrogens (tertiary/aromatic N) is 2. The predicted octanol–water partition coefficient (Wildman–Crippen LogP) is 3.67. The van der Waals surface area contributed by atoms with Crippen LogP contribution >= 0.6 is 0 Å². The average Bonchev–Trinajstić information content (AvgIpc) is 3.49. The number of carbonyl (C=O) groups is 2. The molecule has 0 radical (unpaired) electrons. The van der Waals surface area contributed by atoms with Crippen molar-refractivity contribution in [2.75, 3.05) is 6.67 Å². The Hall–Kier alpha value is -1.88. The second-order valence-electron chi connectivity index (χ2n) is 8.72. The van der Waals surface area contributed by atoms with Crippen LogP contribution in [0.2, 0.25) is 0 Å². The molecule has 0 bridgehead atoms. The van der Waals surface area contributed by atoms with Crippen LogP contribution in [0.1, 0.15) is 63.5 Å². The molecule has 2 saturated carbocycles. The second kappa shape index (κ2) is 7.27. The number of carbonyl (C=O) groups excluding carboxylic acids is 2. The molecule has 3 amide bonds.